The fraction of sp³-hybridized carbons (Fsp3) is 0.294. The highest BCUT2D eigenvalue weighted by atomic mass is 16.5. The van der Waals surface area contributed by atoms with Gasteiger partial charge in [-0.05, 0) is 29.7 Å². The normalized spacial score (nSPS) is 12.1. The average molecular weight is 255 g/mol. The minimum Gasteiger partial charge on any atom is -0.493 e. The van der Waals surface area contributed by atoms with Gasteiger partial charge in [0.25, 0.3) is 0 Å². The van der Waals surface area contributed by atoms with Crippen molar-refractivity contribution in [3.63, 3.8) is 0 Å². The summed E-state index contributed by atoms with van der Waals surface area (Å²) in [6.45, 7) is 2.79. The summed E-state index contributed by atoms with van der Waals surface area (Å²) in [5.74, 6) is 0.906. The Hall–Kier alpha value is -1.80. The van der Waals surface area contributed by atoms with Crippen LogP contribution >= 0.6 is 0 Å². The van der Waals surface area contributed by atoms with Gasteiger partial charge in [-0.25, -0.2) is 0 Å². The Balaban J connectivity index is 1.83. The largest absolute Gasteiger partial charge is 0.493 e. The lowest BCUT2D eigenvalue weighted by molar-refractivity contribution is 0.322. The predicted molar refractivity (Wildman–Crippen MR) is 79.3 cm³/mol. The summed E-state index contributed by atoms with van der Waals surface area (Å²) in [7, 11) is 0. The van der Waals surface area contributed by atoms with Crippen LogP contribution in [0, 0.1) is 0 Å². The molecule has 0 unspecified atom stereocenters. The van der Waals surface area contributed by atoms with E-state index in [1.807, 2.05) is 30.3 Å². The van der Waals surface area contributed by atoms with Gasteiger partial charge < -0.3 is 10.5 Å². The molecule has 0 aliphatic carbocycles. The summed E-state index contributed by atoms with van der Waals surface area (Å²) in [6, 6.07) is 18.6. The van der Waals surface area contributed by atoms with Crippen molar-refractivity contribution in [2.75, 3.05) is 6.61 Å². The molecule has 2 aromatic carbocycles. The second kappa shape index (κ2) is 6.95. The van der Waals surface area contributed by atoms with Crippen LogP contribution in [0.1, 0.15) is 30.5 Å². The van der Waals surface area contributed by atoms with Crippen molar-refractivity contribution in [3.05, 3.63) is 65.7 Å². The molecule has 0 spiro atoms. The summed E-state index contributed by atoms with van der Waals surface area (Å²) in [4.78, 5) is 0. The van der Waals surface area contributed by atoms with Crippen LogP contribution in [0.5, 0.6) is 5.75 Å². The molecule has 0 saturated heterocycles. The standard InChI is InChI=1S/C17H21NO/c1-2-17(18)15-8-10-16(11-9-15)19-13-12-14-6-4-3-5-7-14/h3-11,17H,2,12-13,18H2,1H3/t17-/m1/s1. The van der Waals surface area contributed by atoms with E-state index in [4.69, 9.17) is 10.5 Å². The molecule has 0 aliphatic rings. The van der Waals surface area contributed by atoms with Crippen molar-refractivity contribution in [1.82, 2.24) is 0 Å². The molecule has 2 rings (SSSR count). The summed E-state index contributed by atoms with van der Waals surface area (Å²) in [5, 5.41) is 0. The molecule has 1 atom stereocenters. The fourth-order valence-corrected chi connectivity index (χ4v) is 1.98. The van der Waals surface area contributed by atoms with Crippen molar-refractivity contribution >= 4 is 0 Å². The van der Waals surface area contributed by atoms with E-state index in [9.17, 15) is 0 Å². The maximum absolute atomic E-state index is 5.98. The minimum atomic E-state index is 0.123. The molecule has 0 aliphatic heterocycles. The summed E-state index contributed by atoms with van der Waals surface area (Å²) >= 11 is 0. The first-order valence-corrected chi connectivity index (χ1v) is 6.82. The van der Waals surface area contributed by atoms with Crippen LogP contribution in [0.3, 0.4) is 0 Å². The van der Waals surface area contributed by atoms with E-state index < -0.39 is 0 Å². The first kappa shape index (κ1) is 13.6. The Labute approximate surface area is 115 Å². The van der Waals surface area contributed by atoms with Gasteiger partial charge in [-0.15, -0.1) is 0 Å². The molecule has 0 fully saturated rings. The highest BCUT2D eigenvalue weighted by Gasteiger charge is 2.02. The Morgan fingerprint density at radius 3 is 2.32 bits per heavy atom. The van der Waals surface area contributed by atoms with Gasteiger partial charge in [-0.2, -0.15) is 0 Å². The first-order chi connectivity index (χ1) is 9.29. The molecule has 0 amide bonds. The molecule has 0 saturated carbocycles. The quantitative estimate of drug-likeness (QED) is 0.854. The minimum absolute atomic E-state index is 0.123. The van der Waals surface area contributed by atoms with Gasteiger partial charge in [0.2, 0.25) is 0 Å². The lowest BCUT2D eigenvalue weighted by Crippen LogP contribution is -2.08. The van der Waals surface area contributed by atoms with E-state index in [1.165, 1.54) is 5.56 Å². The first-order valence-electron chi connectivity index (χ1n) is 6.82. The van der Waals surface area contributed by atoms with Crippen molar-refractivity contribution in [3.8, 4) is 5.75 Å². The Morgan fingerprint density at radius 2 is 1.68 bits per heavy atom. The molecule has 0 bridgehead atoms. The van der Waals surface area contributed by atoms with E-state index in [0.717, 1.165) is 24.2 Å². The van der Waals surface area contributed by atoms with Gasteiger partial charge in [0.15, 0.2) is 0 Å². The van der Waals surface area contributed by atoms with E-state index in [0.29, 0.717) is 6.61 Å². The van der Waals surface area contributed by atoms with Crippen LogP contribution in [0.25, 0.3) is 0 Å². The summed E-state index contributed by atoms with van der Waals surface area (Å²) in [5.41, 5.74) is 8.44. The van der Waals surface area contributed by atoms with Gasteiger partial charge in [-0.1, -0.05) is 49.4 Å². The Bertz CT molecular complexity index is 478. The SMILES string of the molecule is CC[C@@H](N)c1ccc(OCCc2ccccc2)cc1. The van der Waals surface area contributed by atoms with Crippen molar-refractivity contribution in [1.29, 1.82) is 0 Å². The third-order valence-corrected chi connectivity index (χ3v) is 3.25. The Morgan fingerprint density at radius 1 is 1.00 bits per heavy atom. The van der Waals surface area contributed by atoms with Crippen LogP contribution in [0.15, 0.2) is 54.6 Å². The van der Waals surface area contributed by atoms with E-state index in [-0.39, 0.29) is 6.04 Å². The second-order valence-corrected chi connectivity index (χ2v) is 4.67. The molecule has 0 heterocycles. The van der Waals surface area contributed by atoms with Crippen molar-refractivity contribution < 1.29 is 4.74 Å². The number of rotatable bonds is 6. The number of ether oxygens (including phenoxy) is 1. The summed E-state index contributed by atoms with van der Waals surface area (Å²) < 4.78 is 5.74. The summed E-state index contributed by atoms with van der Waals surface area (Å²) in [6.07, 6.45) is 1.88. The number of hydrogen-bond donors (Lipinski definition) is 1. The average Bonchev–Trinajstić information content (AvgIpc) is 2.48. The molecular formula is C17H21NO. The Kier molecular flexibility index (Phi) is 4.99. The van der Waals surface area contributed by atoms with Gasteiger partial charge in [0.05, 0.1) is 6.61 Å². The van der Waals surface area contributed by atoms with E-state index in [1.54, 1.807) is 0 Å². The second-order valence-electron chi connectivity index (χ2n) is 4.67. The smallest absolute Gasteiger partial charge is 0.119 e. The van der Waals surface area contributed by atoms with Gasteiger partial charge in [-0.3, -0.25) is 0 Å². The monoisotopic (exact) mass is 255 g/mol. The zero-order valence-electron chi connectivity index (χ0n) is 11.4. The molecule has 2 heteroatoms. The zero-order chi connectivity index (χ0) is 13.5. The molecule has 0 aromatic heterocycles. The lowest BCUT2D eigenvalue weighted by Gasteiger charge is -2.11. The van der Waals surface area contributed by atoms with Gasteiger partial charge in [0.1, 0.15) is 5.75 Å². The third kappa shape index (κ3) is 4.11. The molecule has 2 aromatic rings. The molecule has 2 nitrogen and oxygen atoms in total. The van der Waals surface area contributed by atoms with Crippen molar-refractivity contribution in [2.24, 2.45) is 5.73 Å². The third-order valence-electron chi connectivity index (χ3n) is 3.25. The van der Waals surface area contributed by atoms with Crippen LogP contribution < -0.4 is 10.5 Å². The molecule has 2 N–H and O–H groups in total. The van der Waals surface area contributed by atoms with Crippen LogP contribution in [0.4, 0.5) is 0 Å². The van der Waals surface area contributed by atoms with Gasteiger partial charge in [0, 0.05) is 12.5 Å². The fourth-order valence-electron chi connectivity index (χ4n) is 1.98. The molecule has 0 radical (unpaired) electrons. The highest BCUT2D eigenvalue weighted by Crippen LogP contribution is 2.18. The predicted octanol–water partition coefficient (Wildman–Crippen LogP) is 3.72. The zero-order valence-corrected chi connectivity index (χ0v) is 11.4. The van der Waals surface area contributed by atoms with E-state index in [2.05, 4.69) is 31.2 Å². The number of nitrogens with two attached hydrogens (primary N) is 1. The van der Waals surface area contributed by atoms with E-state index >= 15 is 0 Å². The van der Waals surface area contributed by atoms with Gasteiger partial charge >= 0.3 is 0 Å². The van der Waals surface area contributed by atoms with Crippen LogP contribution in [-0.2, 0) is 6.42 Å². The topological polar surface area (TPSA) is 35.2 Å². The van der Waals surface area contributed by atoms with Crippen LogP contribution in [0.2, 0.25) is 0 Å². The maximum Gasteiger partial charge on any atom is 0.119 e. The molecule has 100 valence electrons. The molecular weight excluding hydrogens is 234 g/mol. The number of benzene rings is 2. The van der Waals surface area contributed by atoms with Crippen LogP contribution in [-0.4, -0.2) is 6.61 Å². The lowest BCUT2D eigenvalue weighted by atomic mass is 10.1. The van der Waals surface area contributed by atoms with Crippen molar-refractivity contribution in [2.45, 2.75) is 25.8 Å². The maximum atomic E-state index is 5.98. The highest BCUT2D eigenvalue weighted by molar-refractivity contribution is 5.29. The number of hydrogen-bond acceptors (Lipinski definition) is 2. The molecule has 19 heavy (non-hydrogen) atoms.